The largest absolute Gasteiger partial charge is 0.445 e. The predicted molar refractivity (Wildman–Crippen MR) is 63.8 cm³/mol. The van der Waals surface area contributed by atoms with Crippen LogP contribution in [0.4, 0.5) is 4.79 Å². The van der Waals surface area contributed by atoms with Crippen molar-refractivity contribution in [2.75, 3.05) is 6.54 Å². The fourth-order valence-corrected chi connectivity index (χ4v) is 1.98. The number of rotatable bonds is 3. The summed E-state index contributed by atoms with van der Waals surface area (Å²) in [6.07, 6.45) is -0.263. The fourth-order valence-electron chi connectivity index (χ4n) is 1.98. The van der Waals surface area contributed by atoms with E-state index >= 15 is 0 Å². The van der Waals surface area contributed by atoms with Gasteiger partial charge in [-0.15, -0.1) is 0 Å². The Hall–Kier alpha value is -1.88. The third kappa shape index (κ3) is 2.87. The normalized spacial score (nSPS) is 22.8. The van der Waals surface area contributed by atoms with Crippen LogP contribution >= 0.6 is 0 Å². The first-order chi connectivity index (χ1) is 8.70. The van der Waals surface area contributed by atoms with Gasteiger partial charge in [-0.3, -0.25) is 4.90 Å². The van der Waals surface area contributed by atoms with Crippen molar-refractivity contribution in [2.24, 2.45) is 0 Å². The molecular formula is C13H15NO4. The van der Waals surface area contributed by atoms with E-state index in [2.05, 4.69) is 0 Å². The zero-order valence-electron chi connectivity index (χ0n) is 9.86. The number of hydrogen-bond acceptors (Lipinski definition) is 4. The second-order valence-electron chi connectivity index (χ2n) is 4.29. The lowest BCUT2D eigenvalue weighted by Crippen LogP contribution is -2.37. The van der Waals surface area contributed by atoms with Crippen LogP contribution in [0.1, 0.15) is 12.0 Å². The van der Waals surface area contributed by atoms with Crippen molar-refractivity contribution >= 4 is 12.4 Å². The second-order valence-corrected chi connectivity index (χ2v) is 4.29. The number of aldehydes is 1. The highest BCUT2D eigenvalue weighted by atomic mass is 16.6. The van der Waals surface area contributed by atoms with Gasteiger partial charge >= 0.3 is 6.09 Å². The highest BCUT2D eigenvalue weighted by molar-refractivity contribution is 5.74. The van der Waals surface area contributed by atoms with Gasteiger partial charge in [0, 0.05) is 6.42 Å². The molecule has 0 radical (unpaired) electrons. The van der Waals surface area contributed by atoms with Gasteiger partial charge in [0.25, 0.3) is 0 Å². The summed E-state index contributed by atoms with van der Waals surface area (Å²) in [6, 6.07) is 8.72. The molecular weight excluding hydrogens is 234 g/mol. The van der Waals surface area contributed by atoms with Gasteiger partial charge in [-0.05, 0) is 5.56 Å². The molecule has 1 saturated heterocycles. The Morgan fingerprint density at radius 1 is 1.44 bits per heavy atom. The Balaban J connectivity index is 1.90. The van der Waals surface area contributed by atoms with Crippen LogP contribution in [0.15, 0.2) is 30.3 Å². The number of carbonyl (C=O) groups excluding carboxylic acids is 2. The molecule has 1 N–H and O–H groups in total. The van der Waals surface area contributed by atoms with Gasteiger partial charge in [0.2, 0.25) is 0 Å². The number of amides is 1. The summed E-state index contributed by atoms with van der Waals surface area (Å²) in [5, 5.41) is 9.43. The zero-order chi connectivity index (χ0) is 13.0. The van der Waals surface area contributed by atoms with Crippen molar-refractivity contribution in [3.63, 3.8) is 0 Å². The van der Waals surface area contributed by atoms with Crippen LogP contribution in [0.25, 0.3) is 0 Å². The molecule has 96 valence electrons. The molecule has 1 aliphatic rings. The predicted octanol–water partition coefficient (Wildman–Crippen LogP) is 0.957. The van der Waals surface area contributed by atoms with Crippen LogP contribution in [0, 0.1) is 0 Å². The minimum atomic E-state index is -0.649. The van der Waals surface area contributed by atoms with Crippen LogP contribution < -0.4 is 0 Å². The van der Waals surface area contributed by atoms with Gasteiger partial charge in [0.1, 0.15) is 12.9 Å². The van der Waals surface area contributed by atoms with E-state index in [1.807, 2.05) is 30.3 Å². The maximum absolute atomic E-state index is 11.8. The van der Waals surface area contributed by atoms with E-state index in [-0.39, 0.29) is 19.6 Å². The number of benzene rings is 1. The molecule has 1 aromatic rings. The lowest BCUT2D eigenvalue weighted by Gasteiger charge is -2.19. The molecule has 2 rings (SSSR count). The van der Waals surface area contributed by atoms with E-state index in [4.69, 9.17) is 4.74 Å². The van der Waals surface area contributed by atoms with E-state index in [0.29, 0.717) is 6.29 Å². The molecule has 1 aromatic carbocycles. The number of hydrogen-bond donors (Lipinski definition) is 1. The Bertz CT molecular complexity index is 420. The number of aliphatic hydroxyl groups is 1. The summed E-state index contributed by atoms with van der Waals surface area (Å²) in [6.45, 7) is 0.314. The van der Waals surface area contributed by atoms with E-state index in [1.165, 1.54) is 4.90 Å². The molecule has 1 fully saturated rings. The Kier molecular flexibility index (Phi) is 3.94. The summed E-state index contributed by atoms with van der Waals surface area (Å²) >= 11 is 0. The van der Waals surface area contributed by atoms with Crippen LogP contribution in [-0.4, -0.2) is 41.1 Å². The van der Waals surface area contributed by atoms with Crippen LogP contribution in [0.5, 0.6) is 0 Å². The second kappa shape index (κ2) is 5.64. The monoisotopic (exact) mass is 249 g/mol. The first-order valence-electron chi connectivity index (χ1n) is 5.81. The number of nitrogens with zero attached hydrogens (tertiary/aromatic N) is 1. The number of aliphatic hydroxyl groups excluding tert-OH is 1. The standard InChI is InChI=1S/C13H15NO4/c15-8-11-6-12(16)7-14(11)13(17)18-9-10-4-2-1-3-5-10/h1-5,8,11-12,16H,6-7,9H2. The van der Waals surface area contributed by atoms with Crippen molar-refractivity contribution in [3.05, 3.63) is 35.9 Å². The van der Waals surface area contributed by atoms with Crippen LogP contribution in [-0.2, 0) is 16.1 Å². The Morgan fingerprint density at radius 3 is 2.83 bits per heavy atom. The minimum absolute atomic E-state index is 0.150. The first-order valence-corrected chi connectivity index (χ1v) is 5.81. The molecule has 0 spiro atoms. The lowest BCUT2D eigenvalue weighted by molar-refractivity contribution is -0.111. The smallest absolute Gasteiger partial charge is 0.410 e. The van der Waals surface area contributed by atoms with Gasteiger partial charge in [-0.1, -0.05) is 30.3 Å². The molecule has 18 heavy (non-hydrogen) atoms. The lowest BCUT2D eigenvalue weighted by atomic mass is 10.2. The Labute approximate surface area is 105 Å². The van der Waals surface area contributed by atoms with E-state index < -0.39 is 18.2 Å². The van der Waals surface area contributed by atoms with E-state index in [1.54, 1.807) is 0 Å². The molecule has 0 saturated carbocycles. The van der Waals surface area contributed by atoms with Crippen LogP contribution in [0.3, 0.4) is 0 Å². The average molecular weight is 249 g/mol. The van der Waals surface area contributed by atoms with Crippen molar-refractivity contribution in [2.45, 2.75) is 25.2 Å². The van der Waals surface area contributed by atoms with Crippen molar-refractivity contribution in [3.8, 4) is 0 Å². The van der Waals surface area contributed by atoms with Crippen molar-refractivity contribution in [1.82, 2.24) is 4.90 Å². The Morgan fingerprint density at radius 2 is 2.17 bits per heavy atom. The maximum Gasteiger partial charge on any atom is 0.410 e. The zero-order valence-corrected chi connectivity index (χ0v) is 9.86. The summed E-state index contributed by atoms with van der Waals surface area (Å²) in [5.74, 6) is 0. The number of ether oxygens (including phenoxy) is 1. The van der Waals surface area contributed by atoms with Crippen LogP contribution in [0.2, 0.25) is 0 Å². The van der Waals surface area contributed by atoms with Crippen molar-refractivity contribution in [1.29, 1.82) is 0 Å². The molecule has 0 bridgehead atoms. The van der Waals surface area contributed by atoms with E-state index in [9.17, 15) is 14.7 Å². The number of β-amino-alcohol motifs (C(OH)–C–C–N with tert-alkyl or cyclic N) is 1. The van der Waals surface area contributed by atoms with Gasteiger partial charge in [0.15, 0.2) is 0 Å². The average Bonchev–Trinajstić information content (AvgIpc) is 2.78. The quantitative estimate of drug-likeness (QED) is 0.810. The third-order valence-electron chi connectivity index (χ3n) is 2.92. The molecule has 1 aliphatic heterocycles. The summed E-state index contributed by atoms with van der Waals surface area (Å²) < 4.78 is 5.11. The maximum atomic E-state index is 11.8. The molecule has 0 aromatic heterocycles. The fraction of sp³-hybridized carbons (Fsp3) is 0.385. The molecule has 5 nitrogen and oxygen atoms in total. The molecule has 5 heteroatoms. The minimum Gasteiger partial charge on any atom is -0.445 e. The highest BCUT2D eigenvalue weighted by Gasteiger charge is 2.34. The van der Waals surface area contributed by atoms with Gasteiger partial charge in [-0.25, -0.2) is 4.79 Å². The topological polar surface area (TPSA) is 66.8 Å². The number of carbonyl (C=O) groups is 2. The number of likely N-dealkylation sites (tertiary alicyclic amines) is 1. The summed E-state index contributed by atoms with van der Waals surface area (Å²) in [4.78, 5) is 23.8. The van der Waals surface area contributed by atoms with Crippen molar-refractivity contribution < 1.29 is 19.4 Å². The molecule has 1 heterocycles. The van der Waals surface area contributed by atoms with Gasteiger partial charge in [-0.2, -0.15) is 0 Å². The van der Waals surface area contributed by atoms with Gasteiger partial charge in [0.05, 0.1) is 18.7 Å². The molecule has 2 unspecified atom stereocenters. The molecule has 1 amide bonds. The summed E-state index contributed by atoms with van der Waals surface area (Å²) in [7, 11) is 0. The summed E-state index contributed by atoms with van der Waals surface area (Å²) in [5.41, 5.74) is 0.883. The van der Waals surface area contributed by atoms with Gasteiger partial charge < -0.3 is 14.6 Å². The molecule has 0 aliphatic carbocycles. The first kappa shape index (κ1) is 12.6. The highest BCUT2D eigenvalue weighted by Crippen LogP contribution is 2.17. The SMILES string of the molecule is O=CC1CC(O)CN1C(=O)OCc1ccccc1. The third-order valence-corrected chi connectivity index (χ3v) is 2.92. The van der Waals surface area contributed by atoms with E-state index in [0.717, 1.165) is 5.56 Å². The molecule has 2 atom stereocenters.